The predicted octanol–water partition coefficient (Wildman–Crippen LogP) is 1.16. The molecule has 1 rings (SSSR count). The first-order chi connectivity index (χ1) is 9.45. The van der Waals surface area contributed by atoms with Gasteiger partial charge in [0, 0.05) is 24.1 Å². The van der Waals surface area contributed by atoms with Crippen LogP contribution in [0.3, 0.4) is 0 Å². The molecule has 0 spiro atoms. The number of nitrogens with one attached hydrogen (secondary N) is 2. The Morgan fingerprint density at radius 2 is 2.10 bits per heavy atom. The van der Waals surface area contributed by atoms with Crippen LogP contribution in [0.1, 0.15) is 22.8 Å². The predicted molar refractivity (Wildman–Crippen MR) is 80.2 cm³/mol. The monoisotopic (exact) mass is 296 g/mol. The van der Waals surface area contributed by atoms with Gasteiger partial charge in [-0.1, -0.05) is 6.07 Å². The zero-order chi connectivity index (χ0) is 15.1. The molecule has 0 radical (unpaired) electrons. The standard InChI is InChI=1S/C14H20N2O3S/c1-9-4-5-11(20)8-12(9)14(18)16-10(2)13(17)15-6-7-19-3/h4-5,8,10,20H,6-7H2,1-3H3,(H,15,17)(H,16,18). The highest BCUT2D eigenvalue weighted by atomic mass is 32.1. The van der Waals surface area contributed by atoms with Crippen LogP contribution >= 0.6 is 12.6 Å². The van der Waals surface area contributed by atoms with Gasteiger partial charge < -0.3 is 15.4 Å². The lowest BCUT2D eigenvalue weighted by Crippen LogP contribution is -2.45. The minimum Gasteiger partial charge on any atom is -0.383 e. The second kappa shape index (κ2) is 7.91. The van der Waals surface area contributed by atoms with E-state index in [0.717, 1.165) is 5.56 Å². The number of amides is 2. The highest BCUT2D eigenvalue weighted by molar-refractivity contribution is 7.80. The summed E-state index contributed by atoms with van der Waals surface area (Å²) < 4.78 is 4.84. The summed E-state index contributed by atoms with van der Waals surface area (Å²) in [5.41, 5.74) is 1.36. The third kappa shape index (κ3) is 4.86. The minimum atomic E-state index is -0.609. The van der Waals surface area contributed by atoms with Gasteiger partial charge >= 0.3 is 0 Å². The highest BCUT2D eigenvalue weighted by Crippen LogP contribution is 2.14. The molecule has 0 aliphatic rings. The number of methoxy groups -OCH3 is 1. The van der Waals surface area contributed by atoms with Crippen molar-refractivity contribution in [1.29, 1.82) is 0 Å². The second-order valence-electron chi connectivity index (χ2n) is 4.48. The van der Waals surface area contributed by atoms with E-state index in [2.05, 4.69) is 23.3 Å². The quantitative estimate of drug-likeness (QED) is 0.545. The van der Waals surface area contributed by atoms with E-state index in [1.165, 1.54) is 0 Å². The van der Waals surface area contributed by atoms with Gasteiger partial charge in [0.15, 0.2) is 0 Å². The van der Waals surface area contributed by atoms with Gasteiger partial charge in [0.2, 0.25) is 5.91 Å². The average molecular weight is 296 g/mol. The molecule has 0 aromatic heterocycles. The number of benzene rings is 1. The van der Waals surface area contributed by atoms with Gasteiger partial charge in [-0.3, -0.25) is 9.59 Å². The molecule has 0 saturated heterocycles. The topological polar surface area (TPSA) is 67.4 Å². The Balaban J connectivity index is 2.61. The van der Waals surface area contributed by atoms with Crippen molar-refractivity contribution in [3.8, 4) is 0 Å². The first kappa shape index (κ1) is 16.5. The largest absolute Gasteiger partial charge is 0.383 e. The van der Waals surface area contributed by atoms with E-state index in [9.17, 15) is 9.59 Å². The minimum absolute atomic E-state index is 0.241. The maximum absolute atomic E-state index is 12.1. The van der Waals surface area contributed by atoms with Crippen LogP contribution in [0.25, 0.3) is 0 Å². The molecule has 0 bridgehead atoms. The first-order valence-electron chi connectivity index (χ1n) is 6.33. The van der Waals surface area contributed by atoms with E-state index in [1.54, 1.807) is 20.1 Å². The average Bonchev–Trinajstić information content (AvgIpc) is 2.41. The molecular formula is C14H20N2O3S. The van der Waals surface area contributed by atoms with Crippen LogP contribution in [-0.4, -0.2) is 38.1 Å². The first-order valence-corrected chi connectivity index (χ1v) is 6.77. The maximum atomic E-state index is 12.1. The molecule has 0 heterocycles. The van der Waals surface area contributed by atoms with Gasteiger partial charge in [0.05, 0.1) is 6.61 Å². The second-order valence-corrected chi connectivity index (χ2v) is 4.99. The summed E-state index contributed by atoms with van der Waals surface area (Å²) in [6.07, 6.45) is 0. The lowest BCUT2D eigenvalue weighted by atomic mass is 10.1. The fourth-order valence-electron chi connectivity index (χ4n) is 1.62. The molecular weight excluding hydrogens is 276 g/mol. The van der Waals surface area contributed by atoms with E-state index < -0.39 is 6.04 Å². The smallest absolute Gasteiger partial charge is 0.252 e. The van der Waals surface area contributed by atoms with E-state index in [4.69, 9.17) is 4.74 Å². The lowest BCUT2D eigenvalue weighted by molar-refractivity contribution is -0.122. The van der Waals surface area contributed by atoms with Gasteiger partial charge in [-0.15, -0.1) is 12.6 Å². The van der Waals surface area contributed by atoms with Crippen LogP contribution < -0.4 is 10.6 Å². The summed E-state index contributed by atoms with van der Waals surface area (Å²) in [5, 5.41) is 5.34. The van der Waals surface area contributed by atoms with Gasteiger partial charge in [-0.2, -0.15) is 0 Å². The molecule has 0 fully saturated rings. The number of ether oxygens (including phenoxy) is 1. The number of hydrogen-bond donors (Lipinski definition) is 3. The van der Waals surface area contributed by atoms with Crippen molar-refractivity contribution in [2.24, 2.45) is 0 Å². The van der Waals surface area contributed by atoms with E-state index in [-0.39, 0.29) is 11.8 Å². The maximum Gasteiger partial charge on any atom is 0.252 e. The van der Waals surface area contributed by atoms with Crippen molar-refractivity contribution in [2.45, 2.75) is 24.8 Å². The molecule has 0 aliphatic carbocycles. The zero-order valence-electron chi connectivity index (χ0n) is 11.9. The highest BCUT2D eigenvalue weighted by Gasteiger charge is 2.17. The SMILES string of the molecule is COCCNC(=O)C(C)NC(=O)c1cc(S)ccc1C. The fourth-order valence-corrected chi connectivity index (χ4v) is 1.83. The van der Waals surface area contributed by atoms with Crippen molar-refractivity contribution in [3.63, 3.8) is 0 Å². The Bertz CT molecular complexity index is 491. The molecule has 20 heavy (non-hydrogen) atoms. The molecule has 0 saturated carbocycles. The number of rotatable bonds is 6. The van der Waals surface area contributed by atoms with E-state index >= 15 is 0 Å². The third-order valence-corrected chi connectivity index (χ3v) is 3.09. The van der Waals surface area contributed by atoms with Crippen molar-refractivity contribution < 1.29 is 14.3 Å². The zero-order valence-corrected chi connectivity index (χ0v) is 12.8. The summed E-state index contributed by atoms with van der Waals surface area (Å²) in [6.45, 7) is 4.33. The fraction of sp³-hybridized carbons (Fsp3) is 0.429. The number of carbonyl (C=O) groups excluding carboxylic acids is 2. The molecule has 1 atom stereocenters. The van der Waals surface area contributed by atoms with Crippen molar-refractivity contribution in [1.82, 2.24) is 10.6 Å². The molecule has 0 aliphatic heterocycles. The van der Waals surface area contributed by atoms with E-state index in [1.807, 2.05) is 19.1 Å². The number of hydrogen-bond acceptors (Lipinski definition) is 4. The number of aryl methyl sites for hydroxylation is 1. The summed E-state index contributed by atoms with van der Waals surface area (Å²) >= 11 is 4.21. The Labute approximate surface area is 124 Å². The van der Waals surface area contributed by atoms with Crippen molar-refractivity contribution in [2.75, 3.05) is 20.3 Å². The van der Waals surface area contributed by atoms with Crippen molar-refractivity contribution >= 4 is 24.4 Å². The molecule has 2 N–H and O–H groups in total. The number of carbonyl (C=O) groups is 2. The van der Waals surface area contributed by atoms with E-state index in [0.29, 0.717) is 23.6 Å². The molecule has 1 aromatic rings. The van der Waals surface area contributed by atoms with Gasteiger partial charge in [-0.25, -0.2) is 0 Å². The molecule has 5 nitrogen and oxygen atoms in total. The summed E-state index contributed by atoms with van der Waals surface area (Å²) in [5.74, 6) is -0.525. The van der Waals surface area contributed by atoms with Crippen molar-refractivity contribution in [3.05, 3.63) is 29.3 Å². The Morgan fingerprint density at radius 1 is 1.40 bits per heavy atom. The molecule has 2 amide bonds. The van der Waals surface area contributed by atoms with Crippen LogP contribution in [0.2, 0.25) is 0 Å². The van der Waals surface area contributed by atoms with Crippen LogP contribution in [0.5, 0.6) is 0 Å². The molecule has 6 heteroatoms. The van der Waals surface area contributed by atoms with Crippen LogP contribution in [0, 0.1) is 6.92 Å². The Kier molecular flexibility index (Phi) is 6.54. The van der Waals surface area contributed by atoms with Gasteiger partial charge in [0.25, 0.3) is 5.91 Å². The Hall–Kier alpha value is -1.53. The van der Waals surface area contributed by atoms with Crippen LogP contribution in [-0.2, 0) is 9.53 Å². The Morgan fingerprint density at radius 3 is 2.75 bits per heavy atom. The van der Waals surface area contributed by atoms with Crippen LogP contribution in [0.4, 0.5) is 0 Å². The summed E-state index contributed by atoms with van der Waals surface area (Å²) in [4.78, 5) is 24.6. The normalized spacial score (nSPS) is 11.8. The number of thiol groups is 1. The van der Waals surface area contributed by atoms with Gasteiger partial charge in [0.1, 0.15) is 6.04 Å². The molecule has 110 valence electrons. The van der Waals surface area contributed by atoms with Gasteiger partial charge in [-0.05, 0) is 31.5 Å². The third-order valence-electron chi connectivity index (χ3n) is 2.81. The lowest BCUT2D eigenvalue weighted by Gasteiger charge is -2.15. The van der Waals surface area contributed by atoms with Crippen LogP contribution in [0.15, 0.2) is 23.1 Å². The molecule has 1 aromatic carbocycles. The summed E-state index contributed by atoms with van der Waals surface area (Å²) in [6, 6.07) is 4.71. The summed E-state index contributed by atoms with van der Waals surface area (Å²) in [7, 11) is 1.56. The molecule has 1 unspecified atom stereocenters.